The molecule has 6 heteroatoms. The number of hydrogen-bond donors (Lipinski definition) is 2. The topological polar surface area (TPSA) is 57.8 Å². The van der Waals surface area contributed by atoms with E-state index in [0.29, 0.717) is 16.6 Å². The van der Waals surface area contributed by atoms with Crippen molar-refractivity contribution in [3.63, 3.8) is 0 Å². The van der Waals surface area contributed by atoms with Crippen LogP contribution in [0.2, 0.25) is 0 Å². The van der Waals surface area contributed by atoms with E-state index in [9.17, 15) is 9.18 Å². The molecule has 1 aromatic carbocycles. The summed E-state index contributed by atoms with van der Waals surface area (Å²) in [7, 11) is 0. The minimum atomic E-state index is -0.486. The number of fused-ring (bicyclic) bond motifs is 1. The summed E-state index contributed by atoms with van der Waals surface area (Å²) in [6.45, 7) is 0. The van der Waals surface area contributed by atoms with Crippen molar-refractivity contribution < 1.29 is 9.18 Å². The summed E-state index contributed by atoms with van der Waals surface area (Å²) in [6, 6.07) is 4.70. The smallest absolute Gasteiger partial charge is 0.239 e. The third kappa shape index (κ3) is 1.92. The summed E-state index contributed by atoms with van der Waals surface area (Å²) < 4.78 is 13.0. The standard InChI is InChI=1S/C9H7ClFN3O/c10-4-8(15)12-5-1-2-6-7(3-5)13-14-9(6)11/h1-3H,4H2,(H,12,15)(H,13,14). The highest BCUT2D eigenvalue weighted by molar-refractivity contribution is 6.29. The molecular formula is C9H7ClFN3O. The first kappa shape index (κ1) is 9.92. The summed E-state index contributed by atoms with van der Waals surface area (Å²) in [5, 5.41) is 8.88. The molecule has 0 aliphatic rings. The lowest BCUT2D eigenvalue weighted by atomic mass is 10.2. The summed E-state index contributed by atoms with van der Waals surface area (Å²) in [6.07, 6.45) is 0. The maximum Gasteiger partial charge on any atom is 0.239 e. The monoisotopic (exact) mass is 227 g/mol. The minimum Gasteiger partial charge on any atom is -0.325 e. The SMILES string of the molecule is O=C(CCl)Nc1ccc2c(F)[nH]nc2c1. The maximum atomic E-state index is 13.0. The van der Waals surface area contributed by atoms with Gasteiger partial charge in [0.05, 0.1) is 10.9 Å². The molecule has 0 unspecified atom stereocenters. The Hall–Kier alpha value is -1.62. The number of anilines is 1. The second kappa shape index (κ2) is 3.86. The molecule has 15 heavy (non-hydrogen) atoms. The van der Waals surface area contributed by atoms with E-state index in [0.717, 1.165) is 0 Å². The van der Waals surface area contributed by atoms with Crippen LogP contribution in [0.5, 0.6) is 0 Å². The fraction of sp³-hybridized carbons (Fsp3) is 0.111. The number of nitrogens with one attached hydrogen (secondary N) is 2. The van der Waals surface area contributed by atoms with Gasteiger partial charge in [0.1, 0.15) is 5.88 Å². The Labute approximate surface area is 89.4 Å². The van der Waals surface area contributed by atoms with Crippen LogP contribution in [0.15, 0.2) is 18.2 Å². The van der Waals surface area contributed by atoms with Gasteiger partial charge in [-0.1, -0.05) is 0 Å². The molecule has 0 aliphatic heterocycles. The number of carbonyl (C=O) groups is 1. The van der Waals surface area contributed by atoms with E-state index < -0.39 is 5.95 Å². The van der Waals surface area contributed by atoms with Crippen molar-refractivity contribution in [3.05, 3.63) is 24.1 Å². The Morgan fingerprint density at radius 1 is 1.60 bits per heavy atom. The number of carbonyl (C=O) groups excluding carboxylic acids is 1. The Balaban J connectivity index is 2.35. The van der Waals surface area contributed by atoms with E-state index in [1.807, 2.05) is 0 Å². The van der Waals surface area contributed by atoms with Gasteiger partial charge >= 0.3 is 0 Å². The van der Waals surface area contributed by atoms with E-state index in [2.05, 4.69) is 15.5 Å². The number of aromatic amines is 1. The van der Waals surface area contributed by atoms with Crippen LogP contribution in [0.3, 0.4) is 0 Å². The summed E-state index contributed by atoms with van der Waals surface area (Å²) in [5.74, 6) is -0.917. The van der Waals surface area contributed by atoms with Crippen molar-refractivity contribution in [2.24, 2.45) is 0 Å². The Kier molecular flexibility index (Phi) is 2.55. The Bertz CT molecular complexity index is 511. The van der Waals surface area contributed by atoms with Gasteiger partial charge in [0, 0.05) is 5.69 Å². The lowest BCUT2D eigenvalue weighted by Gasteiger charge is -2.01. The second-order valence-corrected chi connectivity index (χ2v) is 3.22. The van der Waals surface area contributed by atoms with Crippen LogP contribution in [-0.2, 0) is 4.79 Å². The number of alkyl halides is 1. The van der Waals surface area contributed by atoms with E-state index in [1.165, 1.54) is 6.07 Å². The molecule has 0 radical (unpaired) electrons. The van der Waals surface area contributed by atoms with Gasteiger partial charge in [-0.25, -0.2) is 0 Å². The van der Waals surface area contributed by atoms with Crippen LogP contribution < -0.4 is 5.32 Å². The van der Waals surface area contributed by atoms with Crippen LogP contribution in [0.1, 0.15) is 0 Å². The highest BCUT2D eigenvalue weighted by Crippen LogP contribution is 2.19. The van der Waals surface area contributed by atoms with Gasteiger partial charge in [0.2, 0.25) is 11.9 Å². The molecule has 0 fully saturated rings. The number of halogens is 2. The van der Waals surface area contributed by atoms with Crippen molar-refractivity contribution in [2.45, 2.75) is 0 Å². The largest absolute Gasteiger partial charge is 0.325 e. The molecule has 0 atom stereocenters. The lowest BCUT2D eigenvalue weighted by molar-refractivity contribution is -0.113. The number of benzene rings is 1. The van der Waals surface area contributed by atoms with Crippen molar-refractivity contribution >= 4 is 34.1 Å². The number of hydrogen-bond acceptors (Lipinski definition) is 2. The zero-order valence-corrected chi connectivity index (χ0v) is 8.31. The zero-order chi connectivity index (χ0) is 10.8. The average Bonchev–Trinajstić information content (AvgIpc) is 2.60. The van der Waals surface area contributed by atoms with Crippen LogP contribution in [0, 0.1) is 5.95 Å². The highest BCUT2D eigenvalue weighted by atomic mass is 35.5. The van der Waals surface area contributed by atoms with Gasteiger partial charge in [0.25, 0.3) is 0 Å². The number of rotatable bonds is 2. The van der Waals surface area contributed by atoms with Crippen LogP contribution in [0.4, 0.5) is 10.1 Å². The number of H-pyrrole nitrogens is 1. The normalized spacial score (nSPS) is 10.5. The molecule has 2 N–H and O–H groups in total. The molecule has 1 amide bonds. The van der Waals surface area contributed by atoms with Crippen molar-refractivity contribution in [2.75, 3.05) is 11.2 Å². The molecular weight excluding hydrogens is 221 g/mol. The van der Waals surface area contributed by atoms with Crippen molar-refractivity contribution in [1.82, 2.24) is 10.2 Å². The Morgan fingerprint density at radius 2 is 2.40 bits per heavy atom. The molecule has 1 aromatic heterocycles. The molecule has 1 heterocycles. The van der Waals surface area contributed by atoms with Gasteiger partial charge in [-0.3, -0.25) is 9.89 Å². The molecule has 2 aromatic rings. The predicted octanol–water partition coefficient (Wildman–Crippen LogP) is 1.88. The first-order valence-electron chi connectivity index (χ1n) is 4.20. The molecule has 0 spiro atoms. The molecule has 0 saturated carbocycles. The number of amides is 1. The molecule has 0 bridgehead atoms. The lowest BCUT2D eigenvalue weighted by Crippen LogP contribution is -2.12. The van der Waals surface area contributed by atoms with Crippen molar-refractivity contribution in [1.29, 1.82) is 0 Å². The van der Waals surface area contributed by atoms with Gasteiger partial charge < -0.3 is 5.32 Å². The molecule has 0 saturated heterocycles. The van der Waals surface area contributed by atoms with Gasteiger partial charge in [-0.05, 0) is 18.2 Å². The van der Waals surface area contributed by atoms with Gasteiger partial charge in [0.15, 0.2) is 0 Å². The van der Waals surface area contributed by atoms with E-state index in [-0.39, 0.29) is 11.8 Å². The molecule has 2 rings (SSSR count). The molecule has 0 aliphatic carbocycles. The van der Waals surface area contributed by atoms with Crippen molar-refractivity contribution in [3.8, 4) is 0 Å². The highest BCUT2D eigenvalue weighted by Gasteiger charge is 2.06. The average molecular weight is 228 g/mol. The summed E-state index contributed by atoms with van der Waals surface area (Å²) in [5.41, 5.74) is 1.000. The van der Waals surface area contributed by atoms with Gasteiger partial charge in [-0.2, -0.15) is 9.49 Å². The van der Waals surface area contributed by atoms with Crippen LogP contribution in [-0.4, -0.2) is 22.0 Å². The number of aromatic nitrogens is 2. The minimum absolute atomic E-state index is 0.118. The fourth-order valence-electron chi connectivity index (χ4n) is 1.25. The third-order valence-corrected chi connectivity index (χ3v) is 2.16. The maximum absolute atomic E-state index is 13.0. The first-order chi connectivity index (χ1) is 7.20. The van der Waals surface area contributed by atoms with Gasteiger partial charge in [-0.15, -0.1) is 11.6 Å². The van der Waals surface area contributed by atoms with Crippen LogP contribution >= 0.6 is 11.6 Å². The second-order valence-electron chi connectivity index (χ2n) is 2.95. The molecule has 4 nitrogen and oxygen atoms in total. The quantitative estimate of drug-likeness (QED) is 0.770. The number of nitrogens with zero attached hydrogens (tertiary/aromatic N) is 1. The summed E-state index contributed by atoms with van der Waals surface area (Å²) >= 11 is 5.33. The predicted molar refractivity (Wildman–Crippen MR) is 55.4 cm³/mol. The Morgan fingerprint density at radius 3 is 3.13 bits per heavy atom. The fourth-order valence-corrected chi connectivity index (χ4v) is 1.32. The van der Waals surface area contributed by atoms with E-state index >= 15 is 0 Å². The van der Waals surface area contributed by atoms with Crippen LogP contribution in [0.25, 0.3) is 10.9 Å². The summed E-state index contributed by atoms with van der Waals surface area (Å²) in [4.78, 5) is 11.0. The zero-order valence-electron chi connectivity index (χ0n) is 7.55. The third-order valence-electron chi connectivity index (χ3n) is 1.91. The first-order valence-corrected chi connectivity index (χ1v) is 4.73. The van der Waals surface area contributed by atoms with E-state index in [4.69, 9.17) is 11.6 Å². The molecule has 78 valence electrons. The van der Waals surface area contributed by atoms with E-state index in [1.54, 1.807) is 12.1 Å².